The molecule has 1 heterocycles. The van der Waals surface area contributed by atoms with Gasteiger partial charge < -0.3 is 4.90 Å². The van der Waals surface area contributed by atoms with Gasteiger partial charge in [0.1, 0.15) is 5.82 Å². The topological polar surface area (TPSA) is 61.8 Å². The van der Waals surface area contributed by atoms with Crippen molar-refractivity contribution in [2.24, 2.45) is 5.10 Å². The summed E-state index contributed by atoms with van der Waals surface area (Å²) in [6, 6.07) is 13.1. The largest absolute Gasteiger partial charge is 0.312 e. The van der Waals surface area contributed by atoms with Crippen LogP contribution in [0, 0.1) is 5.82 Å². The van der Waals surface area contributed by atoms with E-state index in [0.29, 0.717) is 12.1 Å². The quantitative estimate of drug-likeness (QED) is 0.687. The van der Waals surface area contributed by atoms with Crippen LogP contribution in [0.5, 0.6) is 0 Å². The molecule has 0 atom stereocenters. The van der Waals surface area contributed by atoms with Crippen LogP contribution < -0.4 is 10.3 Å². The number of carbonyl (C=O) groups excluding carboxylic acids is 2. The van der Waals surface area contributed by atoms with Crippen LogP contribution in [0.3, 0.4) is 0 Å². The minimum atomic E-state index is -0.600. The van der Waals surface area contributed by atoms with Crippen molar-refractivity contribution in [3.63, 3.8) is 0 Å². The Kier molecular flexibility index (Phi) is 4.88. The van der Waals surface area contributed by atoms with Crippen LogP contribution in [0.25, 0.3) is 0 Å². The van der Waals surface area contributed by atoms with Gasteiger partial charge in [-0.1, -0.05) is 24.3 Å². The lowest BCUT2D eigenvalue weighted by Gasteiger charge is -2.15. The molecule has 0 unspecified atom stereocenters. The molecular formula is C19H18FN3O2. The molecule has 0 radical (unpaired) electrons. The molecule has 128 valence electrons. The van der Waals surface area contributed by atoms with E-state index < -0.39 is 11.7 Å². The zero-order valence-corrected chi connectivity index (χ0v) is 13.8. The van der Waals surface area contributed by atoms with E-state index in [1.54, 1.807) is 17.9 Å². The second-order valence-corrected chi connectivity index (χ2v) is 5.81. The van der Waals surface area contributed by atoms with Crippen molar-refractivity contribution in [2.45, 2.75) is 19.8 Å². The van der Waals surface area contributed by atoms with Crippen LogP contribution in [-0.4, -0.2) is 24.1 Å². The molecule has 1 aliphatic heterocycles. The van der Waals surface area contributed by atoms with Crippen LogP contribution in [0.2, 0.25) is 0 Å². The molecular weight excluding hydrogens is 321 g/mol. The van der Waals surface area contributed by atoms with E-state index in [4.69, 9.17) is 0 Å². The van der Waals surface area contributed by atoms with E-state index in [-0.39, 0.29) is 11.5 Å². The molecule has 0 aliphatic carbocycles. The van der Waals surface area contributed by atoms with Crippen LogP contribution in [0.1, 0.15) is 35.7 Å². The van der Waals surface area contributed by atoms with Crippen LogP contribution in [-0.2, 0) is 4.79 Å². The fourth-order valence-corrected chi connectivity index (χ4v) is 2.71. The molecule has 1 fully saturated rings. The second kappa shape index (κ2) is 7.25. The Labute approximate surface area is 145 Å². The van der Waals surface area contributed by atoms with Crippen molar-refractivity contribution < 1.29 is 14.0 Å². The average Bonchev–Trinajstić information content (AvgIpc) is 3.06. The summed E-state index contributed by atoms with van der Waals surface area (Å²) in [7, 11) is 0. The van der Waals surface area contributed by atoms with Gasteiger partial charge in [-0.25, -0.2) is 9.82 Å². The van der Waals surface area contributed by atoms with Gasteiger partial charge in [-0.3, -0.25) is 9.59 Å². The molecule has 0 saturated carbocycles. The lowest BCUT2D eigenvalue weighted by atomic mass is 10.1. The van der Waals surface area contributed by atoms with E-state index in [0.717, 1.165) is 24.2 Å². The highest BCUT2D eigenvalue weighted by Crippen LogP contribution is 2.21. The fourth-order valence-electron chi connectivity index (χ4n) is 2.71. The number of amides is 2. The summed E-state index contributed by atoms with van der Waals surface area (Å²) >= 11 is 0. The molecule has 2 amide bonds. The summed E-state index contributed by atoms with van der Waals surface area (Å²) in [5, 5.41) is 4.02. The molecule has 6 heteroatoms. The van der Waals surface area contributed by atoms with Crippen molar-refractivity contribution in [1.29, 1.82) is 0 Å². The third-order valence-electron chi connectivity index (χ3n) is 4.11. The Morgan fingerprint density at radius 3 is 2.52 bits per heavy atom. The van der Waals surface area contributed by atoms with Gasteiger partial charge in [0.15, 0.2) is 0 Å². The number of benzene rings is 2. The number of nitrogens with one attached hydrogen (secondary N) is 1. The number of anilines is 1. The van der Waals surface area contributed by atoms with Gasteiger partial charge in [-0.2, -0.15) is 5.10 Å². The molecule has 1 aliphatic rings. The highest BCUT2D eigenvalue weighted by atomic mass is 19.1. The van der Waals surface area contributed by atoms with Gasteiger partial charge in [0.25, 0.3) is 5.91 Å². The van der Waals surface area contributed by atoms with Crippen LogP contribution in [0.4, 0.5) is 10.1 Å². The molecule has 2 aromatic carbocycles. The van der Waals surface area contributed by atoms with E-state index in [2.05, 4.69) is 10.5 Å². The summed E-state index contributed by atoms with van der Waals surface area (Å²) in [5.41, 5.74) is 4.56. The van der Waals surface area contributed by atoms with E-state index in [1.807, 2.05) is 24.3 Å². The lowest BCUT2D eigenvalue weighted by molar-refractivity contribution is -0.117. The Balaban J connectivity index is 1.69. The average molecular weight is 339 g/mol. The summed E-state index contributed by atoms with van der Waals surface area (Å²) < 4.78 is 13.6. The lowest BCUT2D eigenvalue weighted by Crippen LogP contribution is -2.23. The summed E-state index contributed by atoms with van der Waals surface area (Å²) in [5.74, 6) is -1.06. The second-order valence-electron chi connectivity index (χ2n) is 5.81. The zero-order chi connectivity index (χ0) is 17.8. The highest BCUT2D eigenvalue weighted by Gasteiger charge is 2.21. The van der Waals surface area contributed by atoms with Gasteiger partial charge in [-0.15, -0.1) is 0 Å². The molecule has 0 spiro atoms. The number of hydrogen-bond donors (Lipinski definition) is 1. The van der Waals surface area contributed by atoms with Crippen molar-refractivity contribution in [3.05, 3.63) is 65.5 Å². The Hall–Kier alpha value is -3.02. The fraction of sp³-hybridized carbons (Fsp3) is 0.211. The first-order chi connectivity index (χ1) is 12.1. The van der Waals surface area contributed by atoms with Gasteiger partial charge in [0, 0.05) is 18.7 Å². The number of hydrazone groups is 1. The van der Waals surface area contributed by atoms with Crippen molar-refractivity contribution in [3.8, 4) is 0 Å². The minimum Gasteiger partial charge on any atom is -0.312 e. The molecule has 3 rings (SSSR count). The first-order valence-electron chi connectivity index (χ1n) is 8.06. The van der Waals surface area contributed by atoms with Gasteiger partial charge in [0.2, 0.25) is 5.91 Å². The van der Waals surface area contributed by atoms with E-state index >= 15 is 0 Å². The van der Waals surface area contributed by atoms with Gasteiger partial charge >= 0.3 is 0 Å². The van der Waals surface area contributed by atoms with Crippen molar-refractivity contribution >= 4 is 23.2 Å². The van der Waals surface area contributed by atoms with Crippen molar-refractivity contribution in [1.82, 2.24) is 5.43 Å². The maximum Gasteiger partial charge on any atom is 0.274 e. The number of nitrogens with zero attached hydrogens (tertiary/aromatic N) is 2. The summed E-state index contributed by atoms with van der Waals surface area (Å²) in [6.45, 7) is 2.49. The highest BCUT2D eigenvalue weighted by molar-refractivity contribution is 6.01. The Bertz CT molecular complexity index is 831. The molecule has 0 aromatic heterocycles. The predicted octanol–water partition coefficient (Wildman–Crippen LogP) is 3.11. The minimum absolute atomic E-state index is 0.0538. The van der Waals surface area contributed by atoms with Gasteiger partial charge in [0.05, 0.1) is 11.3 Å². The third-order valence-corrected chi connectivity index (χ3v) is 4.11. The van der Waals surface area contributed by atoms with E-state index in [1.165, 1.54) is 18.2 Å². The van der Waals surface area contributed by atoms with Gasteiger partial charge in [-0.05, 0) is 43.2 Å². The molecule has 25 heavy (non-hydrogen) atoms. The van der Waals surface area contributed by atoms with Crippen LogP contribution in [0.15, 0.2) is 53.6 Å². The third kappa shape index (κ3) is 3.74. The molecule has 2 aromatic rings. The molecule has 0 bridgehead atoms. The summed E-state index contributed by atoms with van der Waals surface area (Å²) in [4.78, 5) is 25.5. The first kappa shape index (κ1) is 16.8. The monoisotopic (exact) mass is 339 g/mol. The summed E-state index contributed by atoms with van der Waals surface area (Å²) in [6.07, 6.45) is 1.47. The number of carbonyl (C=O) groups is 2. The standard InChI is InChI=1S/C19H18FN3O2/c1-13(21-22-19(25)16-5-2-3-6-17(16)20)14-8-10-15(11-9-14)23-12-4-7-18(23)24/h2-3,5-6,8-11H,4,7,12H2,1H3,(H,22,25)/b21-13-. The van der Waals surface area contributed by atoms with E-state index in [9.17, 15) is 14.0 Å². The Morgan fingerprint density at radius 2 is 1.88 bits per heavy atom. The number of rotatable bonds is 4. The zero-order valence-electron chi connectivity index (χ0n) is 13.8. The normalized spacial score (nSPS) is 14.7. The smallest absolute Gasteiger partial charge is 0.274 e. The van der Waals surface area contributed by atoms with Crippen LogP contribution >= 0.6 is 0 Å². The first-order valence-corrected chi connectivity index (χ1v) is 8.06. The number of hydrogen-bond acceptors (Lipinski definition) is 3. The maximum absolute atomic E-state index is 13.6. The Morgan fingerprint density at radius 1 is 1.16 bits per heavy atom. The molecule has 5 nitrogen and oxygen atoms in total. The SMILES string of the molecule is C/C(=N/NC(=O)c1ccccc1F)c1ccc(N2CCCC2=O)cc1. The molecule has 1 saturated heterocycles. The maximum atomic E-state index is 13.6. The van der Waals surface area contributed by atoms with Crippen molar-refractivity contribution in [2.75, 3.05) is 11.4 Å². The number of halogens is 1. The molecule has 1 N–H and O–H groups in total. The predicted molar refractivity (Wildman–Crippen MR) is 94.1 cm³/mol.